The number of hydrogen-bond donors (Lipinski definition) is 1. The van der Waals surface area contributed by atoms with E-state index in [0.29, 0.717) is 12.1 Å². The molecule has 0 aliphatic rings. The molecule has 0 amide bonds. The van der Waals surface area contributed by atoms with Crippen molar-refractivity contribution >= 4 is 0 Å². The third-order valence-electron chi connectivity index (χ3n) is 3.03. The van der Waals surface area contributed by atoms with E-state index in [0.717, 1.165) is 37.9 Å². The molecule has 0 aliphatic heterocycles. The number of halogens is 2. The number of unbranched alkanes of at least 4 members (excludes halogenated alkanes) is 1. The van der Waals surface area contributed by atoms with Crippen LogP contribution in [0.1, 0.15) is 38.7 Å². The molecule has 0 atom stereocenters. The highest BCUT2D eigenvalue weighted by molar-refractivity contribution is 5.18. The van der Waals surface area contributed by atoms with Crippen molar-refractivity contribution in [2.24, 2.45) is 5.41 Å². The SMILES string of the molecule is CC(C)(C#N)CCCCNCc1cc(F)ccc1F. The molecule has 1 N–H and O–H groups in total. The van der Waals surface area contributed by atoms with Gasteiger partial charge in [0.05, 0.1) is 11.5 Å². The van der Waals surface area contributed by atoms with Crippen molar-refractivity contribution in [3.63, 3.8) is 0 Å². The highest BCUT2D eigenvalue weighted by Crippen LogP contribution is 2.21. The Hall–Kier alpha value is -1.47. The first-order chi connectivity index (χ1) is 8.94. The van der Waals surface area contributed by atoms with E-state index < -0.39 is 5.82 Å². The van der Waals surface area contributed by atoms with Crippen LogP contribution in [0.5, 0.6) is 0 Å². The Morgan fingerprint density at radius 1 is 1.26 bits per heavy atom. The number of nitrogens with zero attached hydrogens (tertiary/aromatic N) is 1. The van der Waals surface area contributed by atoms with E-state index in [1.807, 2.05) is 13.8 Å². The summed E-state index contributed by atoms with van der Waals surface area (Å²) in [6.07, 6.45) is 2.71. The van der Waals surface area contributed by atoms with Gasteiger partial charge in [-0.2, -0.15) is 5.26 Å². The summed E-state index contributed by atoms with van der Waals surface area (Å²) in [5.41, 5.74) is 0.0617. The van der Waals surface area contributed by atoms with Crippen molar-refractivity contribution < 1.29 is 8.78 Å². The molecule has 2 nitrogen and oxygen atoms in total. The van der Waals surface area contributed by atoms with Crippen LogP contribution < -0.4 is 5.32 Å². The van der Waals surface area contributed by atoms with E-state index in [1.165, 1.54) is 6.07 Å². The minimum absolute atomic E-state index is 0.283. The second kappa shape index (κ2) is 7.20. The summed E-state index contributed by atoms with van der Waals surface area (Å²) in [4.78, 5) is 0. The maximum Gasteiger partial charge on any atom is 0.127 e. The highest BCUT2D eigenvalue weighted by atomic mass is 19.1. The smallest absolute Gasteiger partial charge is 0.127 e. The molecule has 1 aromatic rings. The Balaban J connectivity index is 2.21. The van der Waals surface area contributed by atoms with Crippen LogP contribution in [-0.4, -0.2) is 6.54 Å². The second-order valence-electron chi connectivity index (χ2n) is 5.37. The Bertz CT molecular complexity index is 450. The fourth-order valence-electron chi connectivity index (χ4n) is 1.77. The summed E-state index contributed by atoms with van der Waals surface area (Å²) in [5, 5.41) is 11.9. The lowest BCUT2D eigenvalue weighted by atomic mass is 9.89. The van der Waals surface area contributed by atoms with Gasteiger partial charge in [-0.3, -0.25) is 0 Å². The molecule has 0 radical (unpaired) electrons. The van der Waals surface area contributed by atoms with Crippen LogP contribution in [-0.2, 0) is 6.54 Å². The summed E-state index contributed by atoms with van der Waals surface area (Å²) in [7, 11) is 0. The predicted molar refractivity (Wildman–Crippen MR) is 71.3 cm³/mol. The molecule has 0 bridgehead atoms. The Kier molecular flexibility index (Phi) is 5.91. The normalized spacial score (nSPS) is 11.3. The number of rotatable bonds is 7. The van der Waals surface area contributed by atoms with Crippen LogP contribution in [0.3, 0.4) is 0 Å². The summed E-state index contributed by atoms with van der Waals surface area (Å²) >= 11 is 0. The molecule has 0 unspecified atom stereocenters. The molecule has 19 heavy (non-hydrogen) atoms. The van der Waals surface area contributed by atoms with Gasteiger partial charge in [0.25, 0.3) is 0 Å². The van der Waals surface area contributed by atoms with E-state index in [1.54, 1.807) is 0 Å². The summed E-state index contributed by atoms with van der Waals surface area (Å²) in [6.45, 7) is 4.90. The lowest BCUT2D eigenvalue weighted by Gasteiger charge is -2.14. The second-order valence-corrected chi connectivity index (χ2v) is 5.37. The van der Waals surface area contributed by atoms with Crippen molar-refractivity contribution in [3.05, 3.63) is 35.4 Å². The van der Waals surface area contributed by atoms with E-state index >= 15 is 0 Å². The maximum absolute atomic E-state index is 13.3. The van der Waals surface area contributed by atoms with Crippen LogP contribution in [0, 0.1) is 28.4 Å². The molecule has 4 heteroatoms. The molecule has 0 spiro atoms. The van der Waals surface area contributed by atoms with Crippen LogP contribution in [0.4, 0.5) is 8.78 Å². The van der Waals surface area contributed by atoms with Crippen LogP contribution in [0.25, 0.3) is 0 Å². The molecule has 0 heterocycles. The molecular formula is C15H20F2N2. The zero-order valence-electron chi connectivity index (χ0n) is 11.5. The molecular weight excluding hydrogens is 246 g/mol. The fraction of sp³-hybridized carbons (Fsp3) is 0.533. The Morgan fingerprint density at radius 3 is 2.68 bits per heavy atom. The zero-order chi connectivity index (χ0) is 14.3. The van der Waals surface area contributed by atoms with Gasteiger partial charge in [0.2, 0.25) is 0 Å². The summed E-state index contributed by atoms with van der Waals surface area (Å²) in [6, 6.07) is 5.72. The minimum Gasteiger partial charge on any atom is -0.313 e. The van der Waals surface area contributed by atoms with Gasteiger partial charge in [0.15, 0.2) is 0 Å². The van der Waals surface area contributed by atoms with E-state index in [-0.39, 0.29) is 11.2 Å². The Labute approximate surface area is 113 Å². The van der Waals surface area contributed by atoms with Crippen molar-refractivity contribution in [1.82, 2.24) is 5.32 Å². The first-order valence-electron chi connectivity index (χ1n) is 6.50. The van der Waals surface area contributed by atoms with Crippen molar-refractivity contribution in [3.8, 4) is 6.07 Å². The van der Waals surface area contributed by atoms with Crippen molar-refractivity contribution in [1.29, 1.82) is 5.26 Å². The van der Waals surface area contributed by atoms with Gasteiger partial charge in [-0.15, -0.1) is 0 Å². The molecule has 0 saturated carbocycles. The standard InChI is InChI=1S/C15H20F2N2/c1-15(2,11-18)7-3-4-8-19-10-12-9-13(16)5-6-14(12)17/h5-6,9,19H,3-4,7-8,10H2,1-2H3. The minimum atomic E-state index is -0.422. The van der Waals surface area contributed by atoms with Gasteiger partial charge in [-0.1, -0.05) is 6.42 Å². The molecule has 0 saturated heterocycles. The van der Waals surface area contributed by atoms with Crippen LogP contribution >= 0.6 is 0 Å². The zero-order valence-corrected chi connectivity index (χ0v) is 11.5. The van der Waals surface area contributed by atoms with Crippen LogP contribution in [0.2, 0.25) is 0 Å². The Morgan fingerprint density at radius 2 is 2.00 bits per heavy atom. The quantitative estimate of drug-likeness (QED) is 0.762. The third-order valence-corrected chi connectivity index (χ3v) is 3.03. The topological polar surface area (TPSA) is 35.8 Å². The molecule has 104 valence electrons. The molecule has 0 aliphatic carbocycles. The van der Waals surface area contributed by atoms with E-state index in [9.17, 15) is 8.78 Å². The molecule has 1 aromatic carbocycles. The van der Waals surface area contributed by atoms with E-state index in [2.05, 4.69) is 11.4 Å². The number of benzene rings is 1. The van der Waals surface area contributed by atoms with Crippen molar-refractivity contribution in [2.45, 2.75) is 39.7 Å². The molecule has 0 fully saturated rings. The van der Waals surface area contributed by atoms with Gasteiger partial charge in [-0.05, 0) is 51.4 Å². The predicted octanol–water partition coefficient (Wildman–Crippen LogP) is 3.77. The van der Waals surface area contributed by atoms with Gasteiger partial charge in [0, 0.05) is 12.1 Å². The lowest BCUT2D eigenvalue weighted by molar-refractivity contribution is 0.422. The largest absolute Gasteiger partial charge is 0.313 e. The van der Waals surface area contributed by atoms with Gasteiger partial charge < -0.3 is 5.32 Å². The highest BCUT2D eigenvalue weighted by Gasteiger charge is 2.15. The van der Waals surface area contributed by atoms with Crippen LogP contribution in [0.15, 0.2) is 18.2 Å². The third kappa shape index (κ3) is 5.80. The number of hydrogen-bond acceptors (Lipinski definition) is 2. The molecule has 1 rings (SSSR count). The molecule has 0 aromatic heterocycles. The average molecular weight is 266 g/mol. The maximum atomic E-state index is 13.3. The first kappa shape index (κ1) is 15.6. The fourth-order valence-corrected chi connectivity index (χ4v) is 1.77. The summed E-state index contributed by atoms with van der Waals surface area (Å²) < 4.78 is 26.2. The first-order valence-corrected chi connectivity index (χ1v) is 6.50. The number of nitriles is 1. The lowest BCUT2D eigenvalue weighted by Crippen LogP contribution is -2.16. The average Bonchev–Trinajstić information content (AvgIpc) is 2.37. The van der Waals surface area contributed by atoms with Gasteiger partial charge in [0.1, 0.15) is 11.6 Å². The van der Waals surface area contributed by atoms with Gasteiger partial charge in [-0.25, -0.2) is 8.78 Å². The van der Waals surface area contributed by atoms with E-state index in [4.69, 9.17) is 5.26 Å². The summed E-state index contributed by atoms with van der Waals surface area (Å²) in [5.74, 6) is -0.812. The van der Waals surface area contributed by atoms with Crippen molar-refractivity contribution in [2.75, 3.05) is 6.54 Å². The number of nitrogens with one attached hydrogen (secondary N) is 1. The van der Waals surface area contributed by atoms with Gasteiger partial charge >= 0.3 is 0 Å². The monoisotopic (exact) mass is 266 g/mol.